The zero-order valence-corrected chi connectivity index (χ0v) is 11.4. The van der Waals surface area contributed by atoms with E-state index in [4.69, 9.17) is 21.1 Å². The molecule has 1 aromatic carbocycles. The molecule has 2 unspecified atom stereocenters. The Balaban J connectivity index is 2.29. The minimum Gasteiger partial charge on any atom is -0.496 e. The molecular weight excluding hydrogens is 252 g/mol. The summed E-state index contributed by atoms with van der Waals surface area (Å²) < 4.78 is 10.6. The van der Waals surface area contributed by atoms with Crippen molar-refractivity contribution in [2.45, 2.75) is 13.3 Å². The number of ether oxygens (including phenoxy) is 2. The Morgan fingerprint density at radius 1 is 1.50 bits per heavy atom. The highest BCUT2D eigenvalue weighted by atomic mass is 35.5. The van der Waals surface area contributed by atoms with E-state index in [1.165, 1.54) is 0 Å². The van der Waals surface area contributed by atoms with Gasteiger partial charge < -0.3 is 9.47 Å². The molecule has 1 fully saturated rings. The smallest absolute Gasteiger partial charge is 0.170 e. The van der Waals surface area contributed by atoms with E-state index in [-0.39, 0.29) is 17.6 Å². The maximum atomic E-state index is 12.5. The number of hydrogen-bond acceptors (Lipinski definition) is 3. The lowest BCUT2D eigenvalue weighted by Crippen LogP contribution is -2.31. The van der Waals surface area contributed by atoms with Gasteiger partial charge in [0.25, 0.3) is 0 Å². The highest BCUT2D eigenvalue weighted by Gasteiger charge is 2.30. The Bertz CT molecular complexity index is 445. The molecule has 0 saturated carbocycles. The van der Waals surface area contributed by atoms with Crippen LogP contribution in [0.3, 0.4) is 0 Å². The molecule has 0 aromatic heterocycles. The SMILES string of the molecule is COc1ccc(Cl)cc1C(=O)C1CCOCC1C. The van der Waals surface area contributed by atoms with Gasteiger partial charge in [-0.25, -0.2) is 0 Å². The van der Waals surface area contributed by atoms with E-state index < -0.39 is 0 Å². The number of benzene rings is 1. The molecule has 1 saturated heterocycles. The summed E-state index contributed by atoms with van der Waals surface area (Å²) in [6, 6.07) is 5.15. The van der Waals surface area contributed by atoms with Gasteiger partial charge in [0.15, 0.2) is 5.78 Å². The molecule has 0 spiro atoms. The van der Waals surface area contributed by atoms with Crippen LogP contribution in [0.25, 0.3) is 0 Å². The third kappa shape index (κ3) is 2.68. The fourth-order valence-corrected chi connectivity index (χ4v) is 2.51. The van der Waals surface area contributed by atoms with Crippen molar-refractivity contribution in [2.24, 2.45) is 11.8 Å². The van der Waals surface area contributed by atoms with E-state index in [2.05, 4.69) is 0 Å². The molecular formula is C14H17ClO3. The van der Waals surface area contributed by atoms with Crippen LogP contribution in [0.5, 0.6) is 5.75 Å². The summed E-state index contributed by atoms with van der Waals surface area (Å²) in [5.74, 6) is 0.911. The van der Waals surface area contributed by atoms with E-state index in [1.54, 1.807) is 25.3 Å². The van der Waals surface area contributed by atoms with E-state index in [9.17, 15) is 4.79 Å². The first-order valence-corrected chi connectivity index (χ1v) is 6.46. The predicted octanol–water partition coefficient (Wildman–Crippen LogP) is 3.20. The summed E-state index contributed by atoms with van der Waals surface area (Å²) in [6.07, 6.45) is 0.760. The van der Waals surface area contributed by atoms with E-state index in [0.29, 0.717) is 29.5 Å². The molecule has 2 rings (SSSR count). The summed E-state index contributed by atoms with van der Waals surface area (Å²) in [4.78, 5) is 12.5. The van der Waals surface area contributed by atoms with Gasteiger partial charge in [0.2, 0.25) is 0 Å². The Labute approximate surface area is 112 Å². The van der Waals surface area contributed by atoms with Crippen molar-refractivity contribution in [1.82, 2.24) is 0 Å². The molecule has 0 amide bonds. The van der Waals surface area contributed by atoms with Crippen LogP contribution in [0.15, 0.2) is 18.2 Å². The Morgan fingerprint density at radius 2 is 2.28 bits per heavy atom. The molecule has 1 aromatic rings. The normalized spacial score (nSPS) is 23.7. The van der Waals surface area contributed by atoms with E-state index in [1.807, 2.05) is 6.92 Å². The van der Waals surface area contributed by atoms with Crippen molar-refractivity contribution < 1.29 is 14.3 Å². The maximum absolute atomic E-state index is 12.5. The van der Waals surface area contributed by atoms with Crippen molar-refractivity contribution in [1.29, 1.82) is 0 Å². The first-order chi connectivity index (χ1) is 8.63. The van der Waals surface area contributed by atoms with E-state index >= 15 is 0 Å². The standard InChI is InChI=1S/C14H17ClO3/c1-9-8-18-6-5-11(9)14(16)12-7-10(15)3-4-13(12)17-2/h3-4,7,9,11H,5-6,8H2,1-2H3. The number of halogens is 1. The lowest BCUT2D eigenvalue weighted by atomic mass is 9.83. The molecule has 0 bridgehead atoms. The number of hydrogen-bond donors (Lipinski definition) is 0. The van der Waals surface area contributed by atoms with Crippen LogP contribution in [-0.4, -0.2) is 26.1 Å². The van der Waals surface area contributed by atoms with Gasteiger partial charge in [-0.1, -0.05) is 18.5 Å². The fraction of sp³-hybridized carbons (Fsp3) is 0.500. The van der Waals surface area contributed by atoms with Crippen LogP contribution in [0.2, 0.25) is 5.02 Å². The van der Waals surface area contributed by atoms with Gasteiger partial charge >= 0.3 is 0 Å². The van der Waals surface area contributed by atoms with Gasteiger partial charge in [-0.15, -0.1) is 0 Å². The van der Waals surface area contributed by atoms with Gasteiger partial charge in [0.1, 0.15) is 5.75 Å². The number of carbonyl (C=O) groups excluding carboxylic acids is 1. The molecule has 0 radical (unpaired) electrons. The number of Topliss-reactive ketones (excluding diaryl/α,β-unsaturated/α-hetero) is 1. The average molecular weight is 269 g/mol. The van der Waals surface area contributed by atoms with Crippen molar-refractivity contribution in [3.8, 4) is 5.75 Å². The van der Waals surface area contributed by atoms with Gasteiger partial charge in [0, 0.05) is 24.2 Å². The number of carbonyl (C=O) groups is 1. The molecule has 0 N–H and O–H groups in total. The van der Waals surface area contributed by atoms with Gasteiger partial charge in [0.05, 0.1) is 12.7 Å². The number of rotatable bonds is 3. The van der Waals surface area contributed by atoms with Crippen LogP contribution >= 0.6 is 11.6 Å². The van der Waals surface area contributed by atoms with Crippen molar-refractivity contribution in [3.63, 3.8) is 0 Å². The lowest BCUT2D eigenvalue weighted by molar-refractivity contribution is 0.0240. The van der Waals surface area contributed by atoms with Gasteiger partial charge in [-0.05, 0) is 30.5 Å². The van der Waals surface area contributed by atoms with Crippen molar-refractivity contribution in [3.05, 3.63) is 28.8 Å². The summed E-state index contributed by atoms with van der Waals surface area (Å²) >= 11 is 5.96. The minimum atomic E-state index is -0.00823. The highest BCUT2D eigenvalue weighted by Crippen LogP contribution is 2.30. The highest BCUT2D eigenvalue weighted by molar-refractivity contribution is 6.31. The second-order valence-electron chi connectivity index (χ2n) is 4.66. The van der Waals surface area contributed by atoms with E-state index in [0.717, 1.165) is 6.42 Å². The van der Waals surface area contributed by atoms with Crippen LogP contribution in [0.4, 0.5) is 0 Å². The summed E-state index contributed by atoms with van der Waals surface area (Å²) in [5.41, 5.74) is 0.573. The third-order valence-electron chi connectivity index (χ3n) is 3.40. The lowest BCUT2D eigenvalue weighted by Gasteiger charge is -2.28. The summed E-state index contributed by atoms with van der Waals surface area (Å²) in [6.45, 7) is 3.32. The number of methoxy groups -OCH3 is 1. The number of ketones is 1. The minimum absolute atomic E-state index is 0.00823. The average Bonchev–Trinajstić information content (AvgIpc) is 2.38. The van der Waals surface area contributed by atoms with Crippen LogP contribution in [0.1, 0.15) is 23.7 Å². The first-order valence-electron chi connectivity index (χ1n) is 6.09. The second-order valence-corrected chi connectivity index (χ2v) is 5.09. The fourth-order valence-electron chi connectivity index (χ4n) is 2.34. The summed E-state index contributed by atoms with van der Waals surface area (Å²) in [5, 5.41) is 0.555. The molecule has 2 atom stereocenters. The van der Waals surface area contributed by atoms with Crippen LogP contribution < -0.4 is 4.74 Å². The van der Waals surface area contributed by atoms with Gasteiger partial charge in [-0.2, -0.15) is 0 Å². The summed E-state index contributed by atoms with van der Waals surface area (Å²) in [7, 11) is 1.56. The first kappa shape index (κ1) is 13.4. The molecule has 98 valence electrons. The Kier molecular flexibility index (Phi) is 4.25. The van der Waals surface area contributed by atoms with Crippen LogP contribution in [0, 0.1) is 11.8 Å². The molecule has 1 heterocycles. The monoisotopic (exact) mass is 268 g/mol. The molecule has 1 aliphatic rings. The zero-order chi connectivity index (χ0) is 13.1. The molecule has 4 heteroatoms. The topological polar surface area (TPSA) is 35.5 Å². The van der Waals surface area contributed by atoms with Crippen molar-refractivity contribution in [2.75, 3.05) is 20.3 Å². The molecule has 18 heavy (non-hydrogen) atoms. The van der Waals surface area contributed by atoms with Crippen molar-refractivity contribution >= 4 is 17.4 Å². The Morgan fingerprint density at radius 3 is 2.94 bits per heavy atom. The largest absolute Gasteiger partial charge is 0.496 e. The van der Waals surface area contributed by atoms with Gasteiger partial charge in [-0.3, -0.25) is 4.79 Å². The zero-order valence-electron chi connectivity index (χ0n) is 10.6. The quantitative estimate of drug-likeness (QED) is 0.790. The molecule has 3 nitrogen and oxygen atoms in total. The molecule has 1 aliphatic heterocycles. The predicted molar refractivity (Wildman–Crippen MR) is 70.4 cm³/mol. The third-order valence-corrected chi connectivity index (χ3v) is 3.64. The Hall–Kier alpha value is -1.06. The maximum Gasteiger partial charge on any atom is 0.170 e. The second kappa shape index (κ2) is 5.72. The van der Waals surface area contributed by atoms with Crippen LogP contribution in [-0.2, 0) is 4.74 Å². The molecule has 0 aliphatic carbocycles.